The van der Waals surface area contributed by atoms with Gasteiger partial charge in [0, 0.05) is 17.6 Å². The Bertz CT molecular complexity index is 776. The molecule has 1 saturated carbocycles. The van der Waals surface area contributed by atoms with Gasteiger partial charge >= 0.3 is 6.18 Å². The van der Waals surface area contributed by atoms with Gasteiger partial charge in [0.1, 0.15) is 0 Å². The zero-order valence-electron chi connectivity index (χ0n) is 16.3. The number of alkyl halides is 3. The first kappa shape index (κ1) is 20.3. The minimum Gasteiger partial charge on any atom is -0.317 e. The van der Waals surface area contributed by atoms with E-state index in [0.29, 0.717) is 17.6 Å². The van der Waals surface area contributed by atoms with Gasteiger partial charge in [-0.3, -0.25) is 0 Å². The minimum absolute atomic E-state index is 0.208. The summed E-state index contributed by atoms with van der Waals surface area (Å²) in [4.78, 5) is 0. The second-order valence-corrected chi connectivity index (χ2v) is 8.13. The maximum absolute atomic E-state index is 13.2. The van der Waals surface area contributed by atoms with Gasteiger partial charge in [-0.1, -0.05) is 6.07 Å². The van der Waals surface area contributed by atoms with Crippen molar-refractivity contribution in [3.8, 4) is 11.4 Å². The molecule has 6 nitrogen and oxygen atoms in total. The molecule has 9 heteroatoms. The Morgan fingerprint density at radius 3 is 2.48 bits per heavy atom. The molecule has 4 rings (SSSR count). The van der Waals surface area contributed by atoms with E-state index in [-0.39, 0.29) is 11.7 Å². The number of rotatable bonds is 4. The van der Waals surface area contributed by atoms with Crippen molar-refractivity contribution in [2.24, 2.45) is 0 Å². The lowest BCUT2D eigenvalue weighted by Gasteiger charge is -2.33. The van der Waals surface area contributed by atoms with Gasteiger partial charge in [0.05, 0.1) is 5.56 Å². The molecule has 1 aromatic heterocycles. The highest BCUT2D eigenvalue weighted by atomic mass is 19.4. The summed E-state index contributed by atoms with van der Waals surface area (Å²) in [6.07, 6.45) is 3.10. The molecule has 29 heavy (non-hydrogen) atoms. The smallest absolute Gasteiger partial charge is 0.317 e. The largest absolute Gasteiger partial charge is 0.416 e. The maximum Gasteiger partial charge on any atom is 0.416 e. The van der Waals surface area contributed by atoms with Crippen LogP contribution in [0.5, 0.6) is 0 Å². The lowest BCUT2D eigenvalue weighted by Crippen LogP contribution is -2.40. The predicted octanol–water partition coefficient (Wildman–Crippen LogP) is 3.64. The molecular formula is C20H27F3N6. The number of tetrazole rings is 1. The summed E-state index contributed by atoms with van der Waals surface area (Å²) in [5, 5.41) is 21.0. The van der Waals surface area contributed by atoms with Gasteiger partial charge in [-0.15, -0.1) is 10.2 Å². The van der Waals surface area contributed by atoms with Gasteiger partial charge in [-0.2, -0.15) is 18.4 Å². The number of nitrogens with one attached hydrogen (secondary N) is 3. The number of aromatic amines is 1. The highest BCUT2D eigenvalue weighted by Gasteiger charge is 2.33. The summed E-state index contributed by atoms with van der Waals surface area (Å²) in [5.74, 6) is 0.428. The summed E-state index contributed by atoms with van der Waals surface area (Å²) < 4.78 is 39.6. The van der Waals surface area contributed by atoms with Crippen LogP contribution in [-0.4, -0.2) is 45.8 Å². The Morgan fingerprint density at radius 1 is 0.966 bits per heavy atom. The highest BCUT2D eigenvalue weighted by molar-refractivity contribution is 5.62. The number of hydrogen-bond donors (Lipinski definition) is 3. The van der Waals surface area contributed by atoms with Crippen LogP contribution in [0.1, 0.15) is 62.0 Å². The third kappa shape index (κ3) is 4.95. The number of hydrogen-bond acceptors (Lipinski definition) is 5. The lowest BCUT2D eigenvalue weighted by molar-refractivity contribution is -0.137. The molecule has 1 atom stereocenters. The number of aromatic nitrogens is 4. The minimum atomic E-state index is -4.40. The monoisotopic (exact) mass is 408 g/mol. The van der Waals surface area contributed by atoms with Crippen molar-refractivity contribution in [2.45, 2.75) is 69.1 Å². The first-order valence-electron chi connectivity index (χ1n) is 10.4. The summed E-state index contributed by atoms with van der Waals surface area (Å²) in [7, 11) is 0. The Morgan fingerprint density at radius 2 is 1.76 bits per heavy atom. The van der Waals surface area contributed by atoms with Crippen molar-refractivity contribution in [3.05, 3.63) is 29.3 Å². The fourth-order valence-corrected chi connectivity index (χ4v) is 4.65. The van der Waals surface area contributed by atoms with Gasteiger partial charge in [0.25, 0.3) is 0 Å². The van der Waals surface area contributed by atoms with Gasteiger partial charge < -0.3 is 10.6 Å². The van der Waals surface area contributed by atoms with Gasteiger partial charge in [-0.05, 0) is 86.9 Å². The quantitative estimate of drug-likeness (QED) is 0.720. The van der Waals surface area contributed by atoms with Crippen molar-refractivity contribution in [3.63, 3.8) is 0 Å². The average molecular weight is 408 g/mol. The van der Waals surface area contributed by atoms with Gasteiger partial charge in [0.2, 0.25) is 5.82 Å². The lowest BCUT2D eigenvalue weighted by atomic mass is 9.79. The number of nitrogens with zero attached hydrogens (tertiary/aromatic N) is 3. The first-order valence-corrected chi connectivity index (χ1v) is 10.4. The van der Waals surface area contributed by atoms with Crippen LogP contribution in [0, 0.1) is 0 Å². The van der Waals surface area contributed by atoms with E-state index in [1.807, 2.05) is 0 Å². The van der Waals surface area contributed by atoms with Crippen LogP contribution < -0.4 is 10.6 Å². The Labute approximate surface area is 168 Å². The highest BCUT2D eigenvalue weighted by Crippen LogP contribution is 2.40. The van der Waals surface area contributed by atoms with Crippen molar-refractivity contribution in [1.29, 1.82) is 0 Å². The Hall–Kier alpha value is -2.00. The second kappa shape index (κ2) is 8.79. The van der Waals surface area contributed by atoms with Crippen LogP contribution in [0.25, 0.3) is 11.4 Å². The molecule has 1 saturated heterocycles. The average Bonchev–Trinajstić information content (AvgIpc) is 3.13. The molecule has 1 aliphatic carbocycles. The van der Waals surface area contributed by atoms with Crippen LogP contribution in [0.4, 0.5) is 13.2 Å². The standard InChI is InChI=1S/C20H27F3N6/c21-20(22,23)14-5-8-17(18(12-14)19-26-28-29-27-19)13-3-6-16(7-4-13)25-15-2-1-10-24-11-9-15/h5,8,12-13,15-16,24-25H,1-4,6-7,9-11H2,(H,26,27,28,29). The van der Waals surface area contributed by atoms with Crippen LogP contribution in [0.3, 0.4) is 0 Å². The molecule has 1 aliphatic heterocycles. The summed E-state index contributed by atoms with van der Waals surface area (Å²) in [6.45, 7) is 2.16. The number of H-pyrrole nitrogens is 1. The summed E-state index contributed by atoms with van der Waals surface area (Å²) in [5.41, 5.74) is 0.634. The molecule has 2 aliphatic rings. The van der Waals surface area contributed by atoms with E-state index in [4.69, 9.17) is 0 Å². The summed E-state index contributed by atoms with van der Waals surface area (Å²) in [6, 6.07) is 4.97. The Balaban J connectivity index is 1.46. The summed E-state index contributed by atoms with van der Waals surface area (Å²) >= 11 is 0. The van der Waals surface area contributed by atoms with Crippen LogP contribution in [0.15, 0.2) is 18.2 Å². The SMILES string of the molecule is FC(F)(F)c1ccc(C2CCC(NC3CCCNCC3)CC2)c(-c2nn[nH]n2)c1. The van der Waals surface area contributed by atoms with E-state index in [1.54, 1.807) is 6.07 Å². The van der Waals surface area contributed by atoms with Crippen molar-refractivity contribution in [1.82, 2.24) is 31.3 Å². The second-order valence-electron chi connectivity index (χ2n) is 8.13. The molecule has 0 spiro atoms. The number of halogens is 3. The molecule has 1 aromatic carbocycles. The van der Waals surface area contributed by atoms with Gasteiger partial charge in [-0.25, -0.2) is 0 Å². The van der Waals surface area contributed by atoms with Crippen molar-refractivity contribution >= 4 is 0 Å². The normalized spacial score (nSPS) is 26.2. The van der Waals surface area contributed by atoms with Crippen molar-refractivity contribution < 1.29 is 13.2 Å². The molecule has 3 N–H and O–H groups in total. The van der Waals surface area contributed by atoms with E-state index in [0.717, 1.165) is 56.8 Å². The van der Waals surface area contributed by atoms with Crippen LogP contribution >= 0.6 is 0 Å². The molecule has 158 valence electrons. The van der Waals surface area contributed by atoms with E-state index in [1.165, 1.54) is 18.9 Å². The molecule has 0 bridgehead atoms. The predicted molar refractivity (Wildman–Crippen MR) is 103 cm³/mol. The zero-order chi connectivity index (χ0) is 20.3. The topological polar surface area (TPSA) is 78.5 Å². The molecule has 1 unspecified atom stereocenters. The first-order chi connectivity index (χ1) is 14.0. The van der Waals surface area contributed by atoms with E-state index in [2.05, 4.69) is 31.3 Å². The van der Waals surface area contributed by atoms with E-state index < -0.39 is 11.7 Å². The molecular weight excluding hydrogens is 381 g/mol. The molecule has 0 radical (unpaired) electrons. The number of benzene rings is 1. The van der Waals surface area contributed by atoms with E-state index in [9.17, 15) is 13.2 Å². The van der Waals surface area contributed by atoms with Crippen LogP contribution in [-0.2, 0) is 6.18 Å². The fraction of sp³-hybridized carbons (Fsp3) is 0.650. The Kier molecular flexibility index (Phi) is 6.15. The fourth-order valence-electron chi connectivity index (χ4n) is 4.65. The molecule has 2 aromatic rings. The van der Waals surface area contributed by atoms with E-state index >= 15 is 0 Å². The molecule has 2 fully saturated rings. The zero-order valence-corrected chi connectivity index (χ0v) is 16.3. The van der Waals surface area contributed by atoms with Crippen LogP contribution in [0.2, 0.25) is 0 Å². The molecule has 2 heterocycles. The molecule has 0 amide bonds. The van der Waals surface area contributed by atoms with Gasteiger partial charge in [0.15, 0.2) is 0 Å². The third-order valence-electron chi connectivity index (χ3n) is 6.18. The maximum atomic E-state index is 13.2. The third-order valence-corrected chi connectivity index (χ3v) is 6.18. The van der Waals surface area contributed by atoms with Crippen molar-refractivity contribution in [2.75, 3.05) is 13.1 Å².